The Kier molecular flexibility index (Phi) is 5.86. The number of rotatable bonds is 4. The number of hydrogen-bond acceptors (Lipinski definition) is 4. The zero-order chi connectivity index (χ0) is 21.1. The summed E-state index contributed by atoms with van der Waals surface area (Å²) in [5.74, 6) is -0.0956. The molecule has 2 aromatic carbocycles. The van der Waals surface area contributed by atoms with E-state index in [4.69, 9.17) is 11.6 Å². The standard InChI is InChI=1S/C23H23ClN4O2/c1-17-3-2-4-20(15-17)26-11-13-27(14-12-26)23(30)16-28-22(29)10-9-21(25-28)18-5-7-19(24)8-6-18/h2-10,15H,11-14,16H2,1H3. The second-order valence-electron chi connectivity index (χ2n) is 7.43. The predicted octanol–water partition coefficient (Wildman–Crippen LogP) is 3.22. The Morgan fingerprint density at radius 3 is 2.43 bits per heavy atom. The maximum atomic E-state index is 12.8. The number of anilines is 1. The third-order valence-electron chi connectivity index (χ3n) is 5.29. The number of carbonyl (C=O) groups is 1. The zero-order valence-electron chi connectivity index (χ0n) is 16.8. The van der Waals surface area contributed by atoms with Crippen LogP contribution in [0.3, 0.4) is 0 Å². The molecule has 0 aliphatic carbocycles. The van der Waals surface area contributed by atoms with E-state index in [0.29, 0.717) is 23.8 Å². The minimum absolute atomic E-state index is 0.0648. The summed E-state index contributed by atoms with van der Waals surface area (Å²) in [5.41, 5.74) is 3.57. The molecule has 1 fully saturated rings. The van der Waals surface area contributed by atoms with Crippen LogP contribution in [-0.2, 0) is 11.3 Å². The first-order valence-electron chi connectivity index (χ1n) is 9.93. The molecule has 1 aromatic heterocycles. The van der Waals surface area contributed by atoms with Gasteiger partial charge in [0, 0.05) is 48.5 Å². The smallest absolute Gasteiger partial charge is 0.267 e. The van der Waals surface area contributed by atoms with Gasteiger partial charge >= 0.3 is 0 Å². The summed E-state index contributed by atoms with van der Waals surface area (Å²) in [4.78, 5) is 29.1. The Balaban J connectivity index is 1.42. The van der Waals surface area contributed by atoms with Gasteiger partial charge in [-0.05, 0) is 42.8 Å². The van der Waals surface area contributed by atoms with Crippen molar-refractivity contribution < 1.29 is 4.79 Å². The molecule has 0 bridgehead atoms. The molecule has 3 aromatic rings. The molecule has 0 spiro atoms. The van der Waals surface area contributed by atoms with Crippen molar-refractivity contribution in [3.8, 4) is 11.3 Å². The van der Waals surface area contributed by atoms with E-state index >= 15 is 0 Å². The average Bonchev–Trinajstić information content (AvgIpc) is 2.76. The highest BCUT2D eigenvalue weighted by Crippen LogP contribution is 2.19. The van der Waals surface area contributed by atoms with E-state index in [1.807, 2.05) is 18.2 Å². The fraction of sp³-hybridized carbons (Fsp3) is 0.261. The van der Waals surface area contributed by atoms with Crippen LogP contribution < -0.4 is 10.5 Å². The highest BCUT2D eigenvalue weighted by atomic mass is 35.5. The summed E-state index contributed by atoms with van der Waals surface area (Å²) in [5, 5.41) is 5.01. The summed E-state index contributed by atoms with van der Waals surface area (Å²) in [6.07, 6.45) is 0. The Morgan fingerprint density at radius 1 is 1.00 bits per heavy atom. The van der Waals surface area contributed by atoms with Gasteiger partial charge in [0.15, 0.2) is 0 Å². The third kappa shape index (κ3) is 4.54. The first kappa shape index (κ1) is 20.2. The van der Waals surface area contributed by atoms with Gasteiger partial charge in [-0.15, -0.1) is 0 Å². The molecule has 1 aliphatic heterocycles. The van der Waals surface area contributed by atoms with Crippen molar-refractivity contribution in [1.29, 1.82) is 0 Å². The lowest BCUT2D eigenvalue weighted by Crippen LogP contribution is -2.50. The van der Waals surface area contributed by atoms with E-state index in [2.05, 4.69) is 35.1 Å². The van der Waals surface area contributed by atoms with Crippen molar-refractivity contribution in [2.45, 2.75) is 13.5 Å². The summed E-state index contributed by atoms with van der Waals surface area (Å²) in [6.45, 7) is 4.79. The summed E-state index contributed by atoms with van der Waals surface area (Å²) >= 11 is 5.94. The van der Waals surface area contributed by atoms with E-state index in [0.717, 1.165) is 18.7 Å². The Labute approximate surface area is 180 Å². The molecule has 4 rings (SSSR count). The highest BCUT2D eigenvalue weighted by Gasteiger charge is 2.22. The second-order valence-corrected chi connectivity index (χ2v) is 7.86. The first-order valence-corrected chi connectivity index (χ1v) is 10.3. The van der Waals surface area contributed by atoms with Crippen molar-refractivity contribution in [2.75, 3.05) is 31.1 Å². The molecule has 0 radical (unpaired) electrons. The average molecular weight is 423 g/mol. The molecule has 1 amide bonds. The van der Waals surface area contributed by atoms with Crippen LogP contribution in [0.5, 0.6) is 0 Å². The van der Waals surface area contributed by atoms with Crippen LogP contribution in [0.15, 0.2) is 65.5 Å². The molecular formula is C23H23ClN4O2. The van der Waals surface area contributed by atoms with E-state index < -0.39 is 0 Å². The van der Waals surface area contributed by atoms with Crippen molar-refractivity contribution in [3.63, 3.8) is 0 Å². The first-order chi connectivity index (χ1) is 14.5. The molecule has 2 heterocycles. The molecular weight excluding hydrogens is 400 g/mol. The minimum atomic E-state index is -0.292. The molecule has 1 saturated heterocycles. The topological polar surface area (TPSA) is 58.4 Å². The lowest BCUT2D eigenvalue weighted by molar-refractivity contribution is -0.132. The number of carbonyl (C=O) groups excluding carboxylic acids is 1. The van der Waals surface area contributed by atoms with Crippen molar-refractivity contribution >= 4 is 23.2 Å². The Hall–Kier alpha value is -3.12. The van der Waals surface area contributed by atoms with Crippen LogP contribution >= 0.6 is 11.6 Å². The van der Waals surface area contributed by atoms with E-state index in [9.17, 15) is 9.59 Å². The molecule has 0 atom stereocenters. The van der Waals surface area contributed by atoms with Gasteiger partial charge in [-0.1, -0.05) is 35.9 Å². The van der Waals surface area contributed by atoms with Gasteiger partial charge in [0.25, 0.3) is 5.56 Å². The highest BCUT2D eigenvalue weighted by molar-refractivity contribution is 6.30. The SMILES string of the molecule is Cc1cccc(N2CCN(C(=O)Cn3nc(-c4ccc(Cl)cc4)ccc3=O)CC2)c1. The molecule has 0 N–H and O–H groups in total. The predicted molar refractivity (Wildman–Crippen MR) is 119 cm³/mol. The number of benzene rings is 2. The molecule has 1 aliphatic rings. The van der Waals surface area contributed by atoms with Crippen LogP contribution in [0.2, 0.25) is 5.02 Å². The second kappa shape index (κ2) is 8.71. The van der Waals surface area contributed by atoms with Crippen molar-refractivity contribution in [3.05, 3.63) is 81.6 Å². The molecule has 0 unspecified atom stereocenters. The molecule has 0 saturated carbocycles. The molecule has 154 valence electrons. The van der Waals surface area contributed by atoms with Crippen LogP contribution in [0.25, 0.3) is 11.3 Å². The summed E-state index contributed by atoms with van der Waals surface area (Å²) in [6, 6.07) is 18.7. The van der Waals surface area contributed by atoms with Gasteiger partial charge in [-0.25, -0.2) is 4.68 Å². The maximum absolute atomic E-state index is 12.8. The minimum Gasteiger partial charge on any atom is -0.368 e. The number of amides is 1. The largest absolute Gasteiger partial charge is 0.368 e. The fourth-order valence-corrected chi connectivity index (χ4v) is 3.73. The lowest BCUT2D eigenvalue weighted by atomic mass is 10.1. The number of aromatic nitrogens is 2. The Morgan fingerprint density at radius 2 is 1.73 bits per heavy atom. The van der Waals surface area contributed by atoms with Gasteiger partial charge in [0.05, 0.1) is 5.69 Å². The number of halogens is 1. The van der Waals surface area contributed by atoms with Crippen molar-refractivity contribution in [1.82, 2.24) is 14.7 Å². The van der Waals surface area contributed by atoms with Crippen LogP contribution in [-0.4, -0.2) is 46.8 Å². The zero-order valence-corrected chi connectivity index (χ0v) is 17.5. The van der Waals surface area contributed by atoms with Gasteiger partial charge in [-0.2, -0.15) is 5.10 Å². The quantitative estimate of drug-likeness (QED) is 0.647. The van der Waals surface area contributed by atoms with Gasteiger partial charge < -0.3 is 9.80 Å². The Bertz CT molecular complexity index is 1100. The number of piperazine rings is 1. The van der Waals surface area contributed by atoms with Gasteiger partial charge in [0.1, 0.15) is 6.54 Å². The fourth-order valence-electron chi connectivity index (χ4n) is 3.60. The molecule has 7 heteroatoms. The lowest BCUT2D eigenvalue weighted by Gasteiger charge is -2.36. The van der Waals surface area contributed by atoms with Gasteiger partial charge in [0.2, 0.25) is 5.91 Å². The normalized spacial score (nSPS) is 14.1. The molecule has 6 nitrogen and oxygen atoms in total. The maximum Gasteiger partial charge on any atom is 0.267 e. The van der Waals surface area contributed by atoms with Crippen LogP contribution in [0.4, 0.5) is 5.69 Å². The number of hydrogen-bond donors (Lipinski definition) is 0. The van der Waals surface area contributed by atoms with E-state index in [1.54, 1.807) is 23.1 Å². The van der Waals surface area contributed by atoms with Crippen LogP contribution in [0, 0.1) is 6.92 Å². The number of aryl methyl sites for hydroxylation is 1. The monoisotopic (exact) mass is 422 g/mol. The van der Waals surface area contributed by atoms with Crippen LogP contribution in [0.1, 0.15) is 5.56 Å². The summed E-state index contributed by atoms with van der Waals surface area (Å²) < 4.78 is 1.24. The molecule has 30 heavy (non-hydrogen) atoms. The van der Waals surface area contributed by atoms with Crippen molar-refractivity contribution in [2.24, 2.45) is 0 Å². The third-order valence-corrected chi connectivity index (χ3v) is 5.54. The summed E-state index contributed by atoms with van der Waals surface area (Å²) in [7, 11) is 0. The van der Waals surface area contributed by atoms with E-state index in [-0.39, 0.29) is 18.0 Å². The van der Waals surface area contributed by atoms with E-state index in [1.165, 1.54) is 22.0 Å². The number of nitrogens with zero attached hydrogens (tertiary/aromatic N) is 4. The van der Waals surface area contributed by atoms with Gasteiger partial charge in [-0.3, -0.25) is 9.59 Å².